The molecule has 0 aromatic heterocycles. The molecular formula is C15H22O5S. The lowest BCUT2D eigenvalue weighted by Crippen LogP contribution is -2.33. The Hall–Kier alpha value is -1.27. The second kappa shape index (κ2) is 8.24. The van der Waals surface area contributed by atoms with E-state index in [9.17, 15) is 18.0 Å². The molecule has 0 aliphatic heterocycles. The zero-order valence-electron chi connectivity index (χ0n) is 12.2. The highest BCUT2D eigenvalue weighted by Gasteiger charge is 2.34. The molecule has 0 amide bonds. The van der Waals surface area contributed by atoms with E-state index in [1.165, 1.54) is 18.6 Å². The predicted octanol–water partition coefficient (Wildman–Crippen LogP) is 2.63. The first kappa shape index (κ1) is 17.8. The summed E-state index contributed by atoms with van der Waals surface area (Å²) in [6.07, 6.45) is 10.1. The molecule has 1 unspecified atom stereocenters. The molecule has 0 aromatic carbocycles. The molecule has 0 radical (unpaired) electrons. The van der Waals surface area contributed by atoms with Crippen LogP contribution in [0, 0.1) is 0 Å². The van der Waals surface area contributed by atoms with Gasteiger partial charge in [0, 0.05) is 6.42 Å². The van der Waals surface area contributed by atoms with Gasteiger partial charge in [-0.15, -0.1) is 0 Å². The van der Waals surface area contributed by atoms with Crippen molar-refractivity contribution in [1.29, 1.82) is 0 Å². The van der Waals surface area contributed by atoms with Crippen LogP contribution in [-0.4, -0.2) is 29.8 Å². The maximum Gasteiger partial charge on any atom is 0.279 e. The molecule has 0 aromatic rings. The average Bonchev–Trinajstić information content (AvgIpc) is 2.41. The molecule has 6 heteroatoms. The van der Waals surface area contributed by atoms with E-state index in [1.54, 1.807) is 0 Å². The predicted molar refractivity (Wildman–Crippen MR) is 80.6 cm³/mol. The first-order chi connectivity index (χ1) is 9.88. The minimum atomic E-state index is -4.51. The van der Waals surface area contributed by atoms with Gasteiger partial charge in [-0.3, -0.25) is 14.1 Å². The molecule has 1 N–H and O–H groups in total. The second-order valence-corrected chi connectivity index (χ2v) is 6.74. The molecule has 1 aliphatic carbocycles. The Bertz CT molecular complexity index is 542. The van der Waals surface area contributed by atoms with Crippen LogP contribution in [0.3, 0.4) is 0 Å². The molecule has 1 rings (SSSR count). The van der Waals surface area contributed by atoms with E-state index in [1.807, 2.05) is 0 Å². The largest absolute Gasteiger partial charge is 0.294 e. The fraction of sp³-hybridized carbons (Fsp3) is 0.600. The molecule has 1 atom stereocenters. The van der Waals surface area contributed by atoms with Crippen molar-refractivity contribution in [1.82, 2.24) is 0 Å². The van der Waals surface area contributed by atoms with Crippen molar-refractivity contribution >= 4 is 21.7 Å². The van der Waals surface area contributed by atoms with Crippen LogP contribution in [0.2, 0.25) is 0 Å². The monoisotopic (exact) mass is 314 g/mol. The zero-order valence-corrected chi connectivity index (χ0v) is 13.1. The van der Waals surface area contributed by atoms with Crippen molar-refractivity contribution in [3.05, 3.63) is 23.8 Å². The number of allylic oxidation sites excluding steroid dienone is 3. The van der Waals surface area contributed by atoms with Crippen molar-refractivity contribution in [2.45, 2.75) is 57.1 Å². The third kappa shape index (κ3) is 5.55. The minimum Gasteiger partial charge on any atom is -0.294 e. The number of hydrogen-bond acceptors (Lipinski definition) is 4. The lowest BCUT2D eigenvalue weighted by molar-refractivity contribution is -0.121. The number of rotatable bonds is 9. The Labute approximate surface area is 125 Å². The summed E-state index contributed by atoms with van der Waals surface area (Å²) >= 11 is 0. The van der Waals surface area contributed by atoms with Crippen LogP contribution in [0.15, 0.2) is 23.8 Å². The van der Waals surface area contributed by atoms with Crippen LogP contribution in [-0.2, 0) is 19.7 Å². The van der Waals surface area contributed by atoms with Crippen molar-refractivity contribution in [2.75, 3.05) is 0 Å². The van der Waals surface area contributed by atoms with E-state index >= 15 is 0 Å². The van der Waals surface area contributed by atoms with E-state index < -0.39 is 21.2 Å². The van der Waals surface area contributed by atoms with Crippen molar-refractivity contribution < 1.29 is 22.6 Å². The van der Waals surface area contributed by atoms with Gasteiger partial charge in [0.2, 0.25) is 0 Å². The lowest BCUT2D eigenvalue weighted by atomic mass is 9.95. The molecular weight excluding hydrogens is 292 g/mol. The average molecular weight is 314 g/mol. The smallest absolute Gasteiger partial charge is 0.279 e. The normalized spacial score (nSPS) is 18.7. The summed E-state index contributed by atoms with van der Waals surface area (Å²) in [7, 11) is -4.51. The maximum absolute atomic E-state index is 12.0. The number of hydrogen-bond donors (Lipinski definition) is 1. The molecule has 0 spiro atoms. The van der Waals surface area contributed by atoms with Gasteiger partial charge in [0.25, 0.3) is 10.1 Å². The SMILES string of the molecule is CCCCCCCCC(=O)C1=CC=CC(S(=O)(=O)O)C1=O. The molecule has 0 bridgehead atoms. The third-order valence-corrected chi connectivity index (χ3v) is 4.46. The van der Waals surface area contributed by atoms with Crippen LogP contribution >= 0.6 is 0 Å². The van der Waals surface area contributed by atoms with Gasteiger partial charge in [-0.25, -0.2) is 0 Å². The molecule has 0 heterocycles. The van der Waals surface area contributed by atoms with Crippen molar-refractivity contribution in [3.63, 3.8) is 0 Å². The minimum absolute atomic E-state index is 0.131. The first-order valence-corrected chi connectivity index (χ1v) is 8.80. The van der Waals surface area contributed by atoms with Crippen LogP contribution in [0.1, 0.15) is 51.9 Å². The summed E-state index contributed by atoms with van der Waals surface area (Å²) < 4.78 is 31.1. The van der Waals surface area contributed by atoms with Gasteiger partial charge >= 0.3 is 0 Å². The molecule has 21 heavy (non-hydrogen) atoms. The molecule has 118 valence electrons. The van der Waals surface area contributed by atoms with Gasteiger partial charge in [-0.05, 0) is 12.5 Å². The second-order valence-electron chi connectivity index (χ2n) is 5.21. The van der Waals surface area contributed by atoms with Gasteiger partial charge in [0.1, 0.15) is 0 Å². The van der Waals surface area contributed by atoms with Crippen LogP contribution in [0.5, 0.6) is 0 Å². The molecule has 0 saturated heterocycles. The van der Waals surface area contributed by atoms with E-state index in [0.717, 1.165) is 31.8 Å². The molecule has 0 saturated carbocycles. The Balaban J connectivity index is 2.49. The first-order valence-electron chi connectivity index (χ1n) is 7.30. The molecule has 0 fully saturated rings. The maximum atomic E-state index is 12.0. The summed E-state index contributed by atoms with van der Waals surface area (Å²) in [5, 5.41) is -1.65. The number of ketones is 2. The van der Waals surface area contributed by atoms with Crippen molar-refractivity contribution in [2.24, 2.45) is 0 Å². The van der Waals surface area contributed by atoms with Gasteiger partial charge in [-0.2, -0.15) is 8.42 Å². The van der Waals surface area contributed by atoms with E-state index in [2.05, 4.69) is 6.92 Å². The highest BCUT2D eigenvalue weighted by Crippen LogP contribution is 2.18. The summed E-state index contributed by atoms with van der Waals surface area (Å²) in [6.45, 7) is 2.13. The molecule has 1 aliphatic rings. The standard InChI is InChI=1S/C15H22O5S/c1-2-3-4-5-6-7-10-13(16)12-9-8-11-14(15(12)17)21(18,19)20/h8-9,11,14H,2-7,10H2,1H3,(H,18,19,20). The van der Waals surface area contributed by atoms with Crippen LogP contribution in [0.25, 0.3) is 0 Å². The summed E-state index contributed by atoms with van der Waals surface area (Å²) in [5.74, 6) is -1.19. The lowest BCUT2D eigenvalue weighted by Gasteiger charge is -2.14. The summed E-state index contributed by atoms with van der Waals surface area (Å²) in [5.41, 5.74) is -0.131. The Morgan fingerprint density at radius 2 is 1.81 bits per heavy atom. The van der Waals surface area contributed by atoms with Gasteiger partial charge < -0.3 is 0 Å². The fourth-order valence-electron chi connectivity index (χ4n) is 2.24. The Kier molecular flexibility index (Phi) is 6.98. The number of carbonyl (C=O) groups excluding carboxylic acids is 2. The number of carbonyl (C=O) groups is 2. The number of Topliss-reactive ketones (excluding diaryl/α,β-unsaturated/α-hetero) is 2. The van der Waals surface area contributed by atoms with E-state index in [4.69, 9.17) is 4.55 Å². The van der Waals surface area contributed by atoms with Gasteiger partial charge in [0.05, 0.1) is 5.57 Å². The third-order valence-electron chi connectivity index (χ3n) is 3.45. The van der Waals surface area contributed by atoms with Gasteiger partial charge in [-0.1, -0.05) is 51.2 Å². The zero-order chi connectivity index (χ0) is 15.9. The van der Waals surface area contributed by atoms with E-state index in [0.29, 0.717) is 6.42 Å². The van der Waals surface area contributed by atoms with Crippen LogP contribution < -0.4 is 0 Å². The highest BCUT2D eigenvalue weighted by atomic mass is 32.2. The quantitative estimate of drug-likeness (QED) is 0.401. The number of unbranched alkanes of at least 4 members (excludes halogenated alkanes) is 5. The van der Waals surface area contributed by atoms with Crippen molar-refractivity contribution in [3.8, 4) is 0 Å². The Morgan fingerprint density at radius 1 is 1.19 bits per heavy atom. The topological polar surface area (TPSA) is 88.5 Å². The van der Waals surface area contributed by atoms with Crippen LogP contribution in [0.4, 0.5) is 0 Å². The summed E-state index contributed by atoms with van der Waals surface area (Å²) in [6, 6.07) is 0. The fourth-order valence-corrected chi connectivity index (χ4v) is 2.93. The molecule has 5 nitrogen and oxygen atoms in total. The van der Waals surface area contributed by atoms with E-state index in [-0.39, 0.29) is 17.8 Å². The highest BCUT2D eigenvalue weighted by molar-refractivity contribution is 7.87. The summed E-state index contributed by atoms with van der Waals surface area (Å²) in [4.78, 5) is 23.9. The van der Waals surface area contributed by atoms with Gasteiger partial charge in [0.15, 0.2) is 16.8 Å². The Morgan fingerprint density at radius 3 is 2.43 bits per heavy atom.